The smallest absolute Gasteiger partial charge is 0.277 e. The number of piperazine rings is 1. The number of hydrogen-bond acceptors (Lipinski definition) is 5. The first-order valence-corrected chi connectivity index (χ1v) is 9.87. The molecule has 1 saturated heterocycles. The molecule has 1 aliphatic heterocycles. The molecular weight excluding hydrogens is 394 g/mol. The molecule has 1 aromatic carbocycles. The summed E-state index contributed by atoms with van der Waals surface area (Å²) in [6.45, 7) is 3.33. The topological polar surface area (TPSA) is 103 Å². The van der Waals surface area contributed by atoms with E-state index in [-0.39, 0.29) is 36.6 Å². The number of hydrogen-bond donors (Lipinski definition) is 1. The second-order valence-corrected chi connectivity index (χ2v) is 8.35. The number of rotatable bonds is 3. The molecule has 0 bridgehead atoms. The normalized spacial score (nSPS) is 15.6. The van der Waals surface area contributed by atoms with Crippen LogP contribution >= 0.6 is 0 Å². The molecule has 0 radical (unpaired) electrons. The van der Waals surface area contributed by atoms with Crippen LogP contribution in [-0.4, -0.2) is 59.9 Å². The van der Waals surface area contributed by atoms with Crippen molar-refractivity contribution < 1.29 is 22.0 Å². The standard InChI is InChI=1S/C17H18F2N4O4S/c1-10-11(2)20-21-16(24)15(10)17(25)22-5-7-23(8-6-22)28(26,27)12-3-4-13(18)14(19)9-12/h3-4,9H,5-8H2,1-2H3,(H,21,24). The zero-order valence-corrected chi connectivity index (χ0v) is 16.0. The Morgan fingerprint density at radius 1 is 1.11 bits per heavy atom. The van der Waals surface area contributed by atoms with Crippen LogP contribution in [0.1, 0.15) is 21.6 Å². The Labute approximate surface area is 159 Å². The number of aryl methyl sites for hydroxylation is 1. The first-order chi connectivity index (χ1) is 13.1. The van der Waals surface area contributed by atoms with Gasteiger partial charge in [-0.25, -0.2) is 22.3 Å². The second-order valence-electron chi connectivity index (χ2n) is 6.41. The van der Waals surface area contributed by atoms with E-state index >= 15 is 0 Å². The van der Waals surface area contributed by atoms with Crippen LogP contribution < -0.4 is 5.56 Å². The molecule has 0 aliphatic carbocycles. The minimum absolute atomic E-state index is 0.0237. The number of sulfonamides is 1. The Morgan fingerprint density at radius 2 is 1.75 bits per heavy atom. The Morgan fingerprint density at radius 3 is 2.36 bits per heavy atom. The largest absolute Gasteiger partial charge is 0.336 e. The number of amides is 1. The average Bonchev–Trinajstić information content (AvgIpc) is 2.67. The summed E-state index contributed by atoms with van der Waals surface area (Å²) in [6, 6.07) is 2.38. The summed E-state index contributed by atoms with van der Waals surface area (Å²) in [7, 11) is -4.03. The maximum atomic E-state index is 13.4. The van der Waals surface area contributed by atoms with Crippen molar-refractivity contribution in [1.82, 2.24) is 19.4 Å². The lowest BCUT2D eigenvalue weighted by atomic mass is 10.1. The van der Waals surface area contributed by atoms with Crippen molar-refractivity contribution in [1.29, 1.82) is 0 Å². The molecule has 0 unspecified atom stereocenters. The first kappa shape index (κ1) is 20.1. The van der Waals surface area contributed by atoms with E-state index in [1.54, 1.807) is 13.8 Å². The van der Waals surface area contributed by atoms with Crippen LogP contribution in [0.2, 0.25) is 0 Å². The van der Waals surface area contributed by atoms with Crippen LogP contribution in [0.25, 0.3) is 0 Å². The van der Waals surface area contributed by atoms with Gasteiger partial charge in [0.1, 0.15) is 5.56 Å². The molecule has 1 aromatic heterocycles. The molecule has 0 saturated carbocycles. The van der Waals surface area contributed by atoms with Gasteiger partial charge >= 0.3 is 0 Å². The van der Waals surface area contributed by atoms with Gasteiger partial charge in [-0.1, -0.05) is 0 Å². The number of carbonyl (C=O) groups excluding carboxylic acids is 1. The third kappa shape index (κ3) is 3.54. The number of halogens is 2. The van der Waals surface area contributed by atoms with Crippen molar-refractivity contribution in [2.24, 2.45) is 0 Å². The maximum absolute atomic E-state index is 13.4. The van der Waals surface area contributed by atoms with E-state index in [0.29, 0.717) is 17.3 Å². The van der Waals surface area contributed by atoms with E-state index in [4.69, 9.17) is 0 Å². The van der Waals surface area contributed by atoms with Crippen LogP contribution in [0, 0.1) is 25.5 Å². The molecule has 8 nitrogen and oxygen atoms in total. The molecule has 1 N–H and O–H groups in total. The van der Waals surface area contributed by atoms with Crippen LogP contribution in [-0.2, 0) is 10.0 Å². The summed E-state index contributed by atoms with van der Waals surface area (Å²) < 4.78 is 52.8. The number of nitrogens with zero attached hydrogens (tertiary/aromatic N) is 3. The molecule has 1 amide bonds. The number of aromatic nitrogens is 2. The molecule has 0 atom stereocenters. The predicted molar refractivity (Wildman–Crippen MR) is 95.4 cm³/mol. The minimum Gasteiger partial charge on any atom is -0.336 e. The molecule has 1 fully saturated rings. The fourth-order valence-electron chi connectivity index (χ4n) is 2.96. The Kier molecular flexibility index (Phi) is 5.31. The van der Waals surface area contributed by atoms with Crippen molar-refractivity contribution >= 4 is 15.9 Å². The van der Waals surface area contributed by atoms with Gasteiger partial charge in [0, 0.05) is 26.2 Å². The number of benzene rings is 1. The Hall–Kier alpha value is -2.66. The summed E-state index contributed by atoms with van der Waals surface area (Å²) in [5.74, 6) is -2.89. The fourth-order valence-corrected chi connectivity index (χ4v) is 4.39. The van der Waals surface area contributed by atoms with Gasteiger partial charge in [0.15, 0.2) is 11.6 Å². The molecule has 1 aliphatic rings. The van der Waals surface area contributed by atoms with Crippen LogP contribution in [0.4, 0.5) is 8.78 Å². The van der Waals surface area contributed by atoms with Crippen molar-refractivity contribution in [2.75, 3.05) is 26.2 Å². The summed E-state index contributed by atoms with van der Waals surface area (Å²) in [5, 5.41) is 6.07. The summed E-state index contributed by atoms with van der Waals surface area (Å²) in [5.41, 5.74) is 0.349. The lowest BCUT2D eigenvalue weighted by Gasteiger charge is -2.34. The monoisotopic (exact) mass is 412 g/mol. The minimum atomic E-state index is -4.03. The van der Waals surface area contributed by atoms with Gasteiger partial charge in [0.25, 0.3) is 11.5 Å². The molecule has 3 rings (SSSR count). The molecule has 11 heteroatoms. The van der Waals surface area contributed by atoms with E-state index < -0.39 is 33.1 Å². The first-order valence-electron chi connectivity index (χ1n) is 8.43. The van der Waals surface area contributed by atoms with Gasteiger partial charge in [-0.05, 0) is 37.6 Å². The average molecular weight is 412 g/mol. The Balaban J connectivity index is 1.77. The molecule has 2 aromatic rings. The zero-order valence-electron chi connectivity index (χ0n) is 15.2. The number of carbonyl (C=O) groups is 1. The van der Waals surface area contributed by atoms with E-state index in [1.165, 1.54) is 4.90 Å². The van der Waals surface area contributed by atoms with Crippen molar-refractivity contribution in [3.63, 3.8) is 0 Å². The van der Waals surface area contributed by atoms with Crippen LogP contribution in [0.15, 0.2) is 27.9 Å². The molecular formula is C17H18F2N4O4S. The highest BCUT2D eigenvalue weighted by Crippen LogP contribution is 2.20. The van der Waals surface area contributed by atoms with Crippen molar-refractivity contribution in [3.05, 3.63) is 57.0 Å². The van der Waals surface area contributed by atoms with Gasteiger partial charge in [-0.3, -0.25) is 9.59 Å². The van der Waals surface area contributed by atoms with Crippen LogP contribution in [0.3, 0.4) is 0 Å². The summed E-state index contributed by atoms with van der Waals surface area (Å²) in [4.78, 5) is 25.8. The number of H-pyrrole nitrogens is 1. The summed E-state index contributed by atoms with van der Waals surface area (Å²) >= 11 is 0. The zero-order chi connectivity index (χ0) is 20.6. The van der Waals surface area contributed by atoms with E-state index in [9.17, 15) is 26.8 Å². The highest BCUT2D eigenvalue weighted by molar-refractivity contribution is 7.89. The fraction of sp³-hybridized carbons (Fsp3) is 0.353. The highest BCUT2D eigenvalue weighted by Gasteiger charge is 2.32. The van der Waals surface area contributed by atoms with Gasteiger partial charge in [0.2, 0.25) is 10.0 Å². The summed E-state index contributed by atoms with van der Waals surface area (Å²) in [6.07, 6.45) is 0. The van der Waals surface area contributed by atoms with Gasteiger partial charge in [-0.2, -0.15) is 9.40 Å². The number of nitrogens with one attached hydrogen (secondary N) is 1. The second kappa shape index (κ2) is 7.40. The van der Waals surface area contributed by atoms with Crippen molar-refractivity contribution in [3.8, 4) is 0 Å². The van der Waals surface area contributed by atoms with E-state index in [1.807, 2.05) is 0 Å². The molecule has 0 spiro atoms. The Bertz CT molecular complexity index is 1090. The third-order valence-corrected chi connectivity index (χ3v) is 6.63. The molecule has 2 heterocycles. The number of aromatic amines is 1. The van der Waals surface area contributed by atoms with E-state index in [0.717, 1.165) is 16.4 Å². The van der Waals surface area contributed by atoms with Gasteiger partial charge in [0.05, 0.1) is 10.6 Å². The van der Waals surface area contributed by atoms with E-state index in [2.05, 4.69) is 10.2 Å². The van der Waals surface area contributed by atoms with Gasteiger partial charge < -0.3 is 4.90 Å². The SMILES string of the molecule is Cc1n[nH]c(=O)c(C(=O)N2CCN(S(=O)(=O)c3ccc(F)c(F)c3)CC2)c1C. The van der Waals surface area contributed by atoms with Crippen LogP contribution in [0.5, 0.6) is 0 Å². The highest BCUT2D eigenvalue weighted by atomic mass is 32.2. The maximum Gasteiger partial charge on any atom is 0.277 e. The van der Waals surface area contributed by atoms with Gasteiger partial charge in [-0.15, -0.1) is 0 Å². The van der Waals surface area contributed by atoms with Crippen molar-refractivity contribution in [2.45, 2.75) is 18.7 Å². The third-order valence-electron chi connectivity index (χ3n) is 4.74. The lowest BCUT2D eigenvalue weighted by molar-refractivity contribution is 0.0695. The molecule has 28 heavy (non-hydrogen) atoms. The lowest BCUT2D eigenvalue weighted by Crippen LogP contribution is -2.51. The predicted octanol–water partition coefficient (Wildman–Crippen LogP) is 0.812. The quantitative estimate of drug-likeness (QED) is 0.804. The molecule has 150 valence electrons.